The van der Waals surface area contributed by atoms with Gasteiger partial charge in [-0.3, -0.25) is 4.79 Å². The minimum Gasteiger partial charge on any atom is -0.406 e. The standard InChI is InChI=1S/C10H6F3NO2/c11-10(12,13)16-7-1-2-8-6(5-15)4-14-9(8)3-7/h1-5,14H. The highest BCUT2D eigenvalue weighted by Crippen LogP contribution is 2.27. The summed E-state index contributed by atoms with van der Waals surface area (Å²) in [7, 11) is 0. The lowest BCUT2D eigenvalue weighted by atomic mass is 10.2. The van der Waals surface area contributed by atoms with Gasteiger partial charge in [0.05, 0.1) is 0 Å². The first-order valence-electron chi connectivity index (χ1n) is 4.31. The van der Waals surface area contributed by atoms with Crippen molar-refractivity contribution in [1.29, 1.82) is 0 Å². The molecule has 1 aromatic carbocycles. The van der Waals surface area contributed by atoms with E-state index in [1.165, 1.54) is 18.3 Å². The maximum atomic E-state index is 11.9. The second-order valence-corrected chi connectivity index (χ2v) is 3.12. The quantitative estimate of drug-likeness (QED) is 0.804. The fourth-order valence-corrected chi connectivity index (χ4v) is 1.42. The van der Waals surface area contributed by atoms with E-state index in [1.807, 2.05) is 0 Å². The average molecular weight is 229 g/mol. The fourth-order valence-electron chi connectivity index (χ4n) is 1.42. The molecule has 0 spiro atoms. The minimum atomic E-state index is -4.71. The number of H-pyrrole nitrogens is 1. The molecule has 0 aliphatic carbocycles. The van der Waals surface area contributed by atoms with Crippen LogP contribution in [0.1, 0.15) is 10.4 Å². The van der Waals surface area contributed by atoms with E-state index in [4.69, 9.17) is 0 Å². The van der Waals surface area contributed by atoms with Crippen molar-refractivity contribution >= 4 is 17.2 Å². The molecule has 2 rings (SSSR count). The van der Waals surface area contributed by atoms with Gasteiger partial charge in [0.1, 0.15) is 5.75 Å². The van der Waals surface area contributed by atoms with E-state index in [9.17, 15) is 18.0 Å². The second-order valence-electron chi connectivity index (χ2n) is 3.12. The number of carbonyl (C=O) groups is 1. The Labute approximate surface area is 87.8 Å². The van der Waals surface area contributed by atoms with E-state index < -0.39 is 6.36 Å². The van der Waals surface area contributed by atoms with Crippen molar-refractivity contribution < 1.29 is 22.7 Å². The van der Waals surface area contributed by atoms with Crippen LogP contribution in [0, 0.1) is 0 Å². The predicted molar refractivity (Wildman–Crippen MR) is 50.4 cm³/mol. The predicted octanol–water partition coefficient (Wildman–Crippen LogP) is 2.88. The number of alkyl halides is 3. The Morgan fingerprint density at radius 3 is 2.69 bits per heavy atom. The monoisotopic (exact) mass is 229 g/mol. The van der Waals surface area contributed by atoms with Crippen LogP contribution in [0.4, 0.5) is 13.2 Å². The van der Waals surface area contributed by atoms with E-state index in [0.29, 0.717) is 22.8 Å². The Hall–Kier alpha value is -1.98. The lowest BCUT2D eigenvalue weighted by molar-refractivity contribution is -0.274. The van der Waals surface area contributed by atoms with Crippen LogP contribution in [-0.4, -0.2) is 17.6 Å². The second kappa shape index (κ2) is 3.55. The highest BCUT2D eigenvalue weighted by Gasteiger charge is 2.31. The summed E-state index contributed by atoms with van der Waals surface area (Å²) >= 11 is 0. The van der Waals surface area contributed by atoms with E-state index in [0.717, 1.165) is 6.07 Å². The van der Waals surface area contributed by atoms with Crippen LogP contribution < -0.4 is 4.74 Å². The number of hydrogen-bond acceptors (Lipinski definition) is 2. The maximum absolute atomic E-state index is 11.9. The molecule has 0 radical (unpaired) electrons. The number of aldehydes is 1. The molecule has 0 unspecified atom stereocenters. The van der Waals surface area contributed by atoms with Gasteiger partial charge in [0, 0.05) is 28.7 Å². The maximum Gasteiger partial charge on any atom is 0.573 e. The number of rotatable bonds is 2. The molecule has 0 atom stereocenters. The topological polar surface area (TPSA) is 42.1 Å². The molecule has 1 N–H and O–H groups in total. The summed E-state index contributed by atoms with van der Waals surface area (Å²) in [4.78, 5) is 13.3. The Balaban J connectivity index is 2.41. The highest BCUT2D eigenvalue weighted by molar-refractivity contribution is 5.97. The lowest BCUT2D eigenvalue weighted by Gasteiger charge is -2.08. The van der Waals surface area contributed by atoms with E-state index in [1.54, 1.807) is 0 Å². The van der Waals surface area contributed by atoms with Crippen molar-refractivity contribution in [3.8, 4) is 5.75 Å². The molecule has 1 aromatic heterocycles. The smallest absolute Gasteiger partial charge is 0.406 e. The first-order chi connectivity index (χ1) is 7.49. The SMILES string of the molecule is O=Cc1c[nH]c2cc(OC(F)(F)F)ccc12. The van der Waals surface area contributed by atoms with Crippen LogP contribution in [0.2, 0.25) is 0 Å². The normalized spacial score (nSPS) is 11.7. The molecule has 0 aliphatic rings. The number of carbonyl (C=O) groups excluding carboxylic acids is 1. The van der Waals surface area contributed by atoms with Crippen molar-refractivity contribution in [2.24, 2.45) is 0 Å². The van der Waals surface area contributed by atoms with E-state index in [-0.39, 0.29) is 5.75 Å². The van der Waals surface area contributed by atoms with Crippen molar-refractivity contribution in [3.63, 3.8) is 0 Å². The molecule has 0 bridgehead atoms. The molecule has 3 nitrogen and oxygen atoms in total. The van der Waals surface area contributed by atoms with Gasteiger partial charge in [0.25, 0.3) is 0 Å². The number of fused-ring (bicyclic) bond motifs is 1. The van der Waals surface area contributed by atoms with Gasteiger partial charge in [-0.15, -0.1) is 13.2 Å². The molecule has 1 heterocycles. The number of benzene rings is 1. The Kier molecular flexibility index (Phi) is 2.34. The van der Waals surface area contributed by atoms with Gasteiger partial charge < -0.3 is 9.72 Å². The highest BCUT2D eigenvalue weighted by atomic mass is 19.4. The zero-order valence-corrected chi connectivity index (χ0v) is 7.84. The van der Waals surface area contributed by atoms with E-state index >= 15 is 0 Å². The number of hydrogen-bond donors (Lipinski definition) is 1. The summed E-state index contributed by atoms with van der Waals surface area (Å²) in [5.41, 5.74) is 0.817. The lowest BCUT2D eigenvalue weighted by Crippen LogP contribution is -2.16. The molecule has 6 heteroatoms. The zero-order valence-electron chi connectivity index (χ0n) is 7.84. The summed E-state index contributed by atoms with van der Waals surface area (Å²) in [6, 6.07) is 3.75. The largest absolute Gasteiger partial charge is 0.573 e. The molecule has 16 heavy (non-hydrogen) atoms. The van der Waals surface area contributed by atoms with Gasteiger partial charge in [-0.1, -0.05) is 0 Å². The van der Waals surface area contributed by atoms with Crippen LogP contribution in [0.25, 0.3) is 10.9 Å². The molecule has 0 amide bonds. The molecule has 84 valence electrons. The van der Waals surface area contributed by atoms with Crippen LogP contribution in [0.15, 0.2) is 24.4 Å². The summed E-state index contributed by atoms with van der Waals surface area (Å²) in [5.74, 6) is -0.320. The summed E-state index contributed by atoms with van der Waals surface area (Å²) < 4.78 is 39.5. The fraction of sp³-hybridized carbons (Fsp3) is 0.100. The molecule has 2 aromatic rings. The average Bonchev–Trinajstić information content (AvgIpc) is 2.57. The Morgan fingerprint density at radius 1 is 1.31 bits per heavy atom. The Bertz CT molecular complexity index is 530. The molecule has 0 aliphatic heterocycles. The first-order valence-corrected chi connectivity index (χ1v) is 4.31. The van der Waals surface area contributed by atoms with Crippen LogP contribution >= 0.6 is 0 Å². The molecule has 0 fully saturated rings. The molecular formula is C10H6F3NO2. The van der Waals surface area contributed by atoms with Gasteiger partial charge in [-0.2, -0.15) is 0 Å². The number of ether oxygens (including phenoxy) is 1. The number of aromatic amines is 1. The minimum absolute atomic E-state index is 0.320. The van der Waals surface area contributed by atoms with Gasteiger partial charge in [-0.25, -0.2) is 0 Å². The van der Waals surface area contributed by atoms with Crippen molar-refractivity contribution in [2.45, 2.75) is 6.36 Å². The first kappa shape index (κ1) is 10.5. The third-order valence-corrected chi connectivity index (χ3v) is 2.05. The zero-order chi connectivity index (χ0) is 11.8. The number of aromatic nitrogens is 1. The third kappa shape index (κ3) is 2.00. The third-order valence-electron chi connectivity index (χ3n) is 2.05. The number of halogens is 3. The molecular weight excluding hydrogens is 223 g/mol. The van der Waals surface area contributed by atoms with E-state index in [2.05, 4.69) is 9.72 Å². The molecule has 0 saturated carbocycles. The van der Waals surface area contributed by atoms with Gasteiger partial charge in [0.15, 0.2) is 6.29 Å². The van der Waals surface area contributed by atoms with Crippen molar-refractivity contribution in [2.75, 3.05) is 0 Å². The van der Waals surface area contributed by atoms with Crippen LogP contribution in [-0.2, 0) is 0 Å². The van der Waals surface area contributed by atoms with Gasteiger partial charge in [-0.05, 0) is 12.1 Å². The molecule has 0 saturated heterocycles. The van der Waals surface area contributed by atoms with Crippen LogP contribution in [0.3, 0.4) is 0 Å². The number of nitrogens with one attached hydrogen (secondary N) is 1. The van der Waals surface area contributed by atoms with Gasteiger partial charge >= 0.3 is 6.36 Å². The van der Waals surface area contributed by atoms with Crippen molar-refractivity contribution in [1.82, 2.24) is 4.98 Å². The van der Waals surface area contributed by atoms with Crippen LogP contribution in [0.5, 0.6) is 5.75 Å². The summed E-state index contributed by atoms with van der Waals surface area (Å²) in [6.07, 6.45) is -2.66. The summed E-state index contributed by atoms with van der Waals surface area (Å²) in [5, 5.41) is 0.560. The Morgan fingerprint density at radius 2 is 2.06 bits per heavy atom. The summed E-state index contributed by atoms with van der Waals surface area (Å²) in [6.45, 7) is 0. The van der Waals surface area contributed by atoms with Gasteiger partial charge in [0.2, 0.25) is 0 Å². The van der Waals surface area contributed by atoms with Crippen molar-refractivity contribution in [3.05, 3.63) is 30.0 Å².